The van der Waals surface area contributed by atoms with Crippen molar-refractivity contribution in [3.63, 3.8) is 0 Å². The van der Waals surface area contributed by atoms with E-state index in [4.69, 9.17) is 0 Å². The van der Waals surface area contributed by atoms with E-state index >= 15 is 0 Å². The number of carbonyl (C=O) groups excluding carboxylic acids is 1. The normalized spacial score (nSPS) is 23.3. The molecule has 0 saturated carbocycles. The largest absolute Gasteiger partial charge is 0.306 e. The summed E-state index contributed by atoms with van der Waals surface area (Å²) in [6, 6.07) is 0.0266. The standard InChI is InChI=1S/C9H11NO/c1-2-4-9-8(7-11)5-3-6-10-9/h4-5,7,9-10H,1,3,6H2. The van der Waals surface area contributed by atoms with Crippen LogP contribution in [0.15, 0.2) is 30.0 Å². The molecule has 2 heteroatoms. The van der Waals surface area contributed by atoms with Crippen LogP contribution in [0, 0.1) is 0 Å². The lowest BCUT2D eigenvalue weighted by Crippen LogP contribution is -2.33. The third-order valence-electron chi connectivity index (χ3n) is 1.67. The van der Waals surface area contributed by atoms with E-state index in [0.29, 0.717) is 0 Å². The highest BCUT2D eigenvalue weighted by Crippen LogP contribution is 2.06. The molecule has 0 aromatic rings. The van der Waals surface area contributed by atoms with Crippen LogP contribution in [0.5, 0.6) is 0 Å². The van der Waals surface area contributed by atoms with Crippen LogP contribution in [-0.2, 0) is 4.79 Å². The molecule has 0 amide bonds. The second-order valence-electron chi connectivity index (χ2n) is 2.41. The molecule has 58 valence electrons. The average Bonchev–Trinajstić information content (AvgIpc) is 2.06. The predicted molar refractivity (Wildman–Crippen MR) is 44.3 cm³/mol. The van der Waals surface area contributed by atoms with E-state index in [9.17, 15) is 4.79 Å². The molecule has 0 saturated heterocycles. The molecule has 0 aromatic heterocycles. The predicted octanol–water partition coefficient (Wildman–Crippen LogP) is 0.815. The van der Waals surface area contributed by atoms with E-state index in [1.165, 1.54) is 0 Å². The van der Waals surface area contributed by atoms with Crippen LogP contribution in [0.2, 0.25) is 0 Å². The fourth-order valence-electron chi connectivity index (χ4n) is 1.12. The van der Waals surface area contributed by atoms with Crippen LogP contribution >= 0.6 is 0 Å². The minimum Gasteiger partial charge on any atom is -0.306 e. The van der Waals surface area contributed by atoms with Gasteiger partial charge in [0.25, 0.3) is 0 Å². The van der Waals surface area contributed by atoms with E-state index in [1.54, 1.807) is 6.08 Å². The second-order valence-corrected chi connectivity index (χ2v) is 2.41. The summed E-state index contributed by atoms with van der Waals surface area (Å²) in [6.07, 6.45) is 5.52. The number of nitrogens with one attached hydrogen (secondary N) is 1. The third kappa shape index (κ3) is 1.90. The first kappa shape index (κ1) is 7.99. The fraction of sp³-hybridized carbons (Fsp3) is 0.333. The number of carbonyl (C=O) groups is 1. The Bertz CT molecular complexity index is 224. The van der Waals surface area contributed by atoms with Gasteiger partial charge in [-0.2, -0.15) is 0 Å². The molecule has 1 aliphatic rings. The maximum Gasteiger partial charge on any atom is 0.147 e. The topological polar surface area (TPSA) is 29.1 Å². The third-order valence-corrected chi connectivity index (χ3v) is 1.67. The van der Waals surface area contributed by atoms with Gasteiger partial charge in [-0.3, -0.25) is 4.79 Å². The maximum atomic E-state index is 10.5. The summed E-state index contributed by atoms with van der Waals surface area (Å²) in [5.74, 6) is 0. The van der Waals surface area contributed by atoms with Crippen LogP contribution in [0.25, 0.3) is 0 Å². The van der Waals surface area contributed by atoms with Crippen LogP contribution < -0.4 is 5.32 Å². The van der Waals surface area contributed by atoms with Gasteiger partial charge in [0.2, 0.25) is 0 Å². The SMILES string of the molecule is C=C=CC1NCCC=C1C=O. The molecule has 0 aromatic carbocycles. The molecule has 0 bridgehead atoms. The van der Waals surface area contributed by atoms with Crippen molar-refractivity contribution >= 4 is 6.29 Å². The van der Waals surface area contributed by atoms with E-state index in [2.05, 4.69) is 17.6 Å². The molecule has 1 heterocycles. The molecular weight excluding hydrogens is 138 g/mol. The Morgan fingerprint density at radius 3 is 3.27 bits per heavy atom. The van der Waals surface area contributed by atoms with Crippen LogP contribution in [0.3, 0.4) is 0 Å². The van der Waals surface area contributed by atoms with Crippen molar-refractivity contribution in [1.29, 1.82) is 0 Å². The highest BCUT2D eigenvalue weighted by molar-refractivity contribution is 5.76. The molecule has 1 aliphatic heterocycles. The number of aldehydes is 1. The van der Waals surface area contributed by atoms with Gasteiger partial charge in [-0.15, -0.1) is 5.73 Å². The van der Waals surface area contributed by atoms with Gasteiger partial charge in [-0.25, -0.2) is 0 Å². The van der Waals surface area contributed by atoms with Crippen molar-refractivity contribution in [1.82, 2.24) is 5.32 Å². The van der Waals surface area contributed by atoms with Gasteiger partial charge in [0, 0.05) is 5.57 Å². The minimum atomic E-state index is 0.0266. The van der Waals surface area contributed by atoms with Gasteiger partial charge in [0.1, 0.15) is 6.29 Å². The monoisotopic (exact) mass is 149 g/mol. The first-order valence-electron chi connectivity index (χ1n) is 3.63. The second kappa shape index (κ2) is 3.91. The maximum absolute atomic E-state index is 10.5. The van der Waals surface area contributed by atoms with Crippen molar-refractivity contribution in [3.8, 4) is 0 Å². The Hall–Kier alpha value is -1.11. The Morgan fingerprint density at radius 1 is 1.82 bits per heavy atom. The van der Waals surface area contributed by atoms with Gasteiger partial charge in [0.15, 0.2) is 0 Å². The lowest BCUT2D eigenvalue weighted by molar-refractivity contribution is -0.105. The lowest BCUT2D eigenvalue weighted by Gasteiger charge is -2.17. The Morgan fingerprint density at radius 2 is 2.64 bits per heavy atom. The van der Waals surface area contributed by atoms with E-state index < -0.39 is 0 Å². The van der Waals surface area contributed by atoms with Gasteiger partial charge >= 0.3 is 0 Å². The zero-order valence-electron chi connectivity index (χ0n) is 6.34. The zero-order valence-corrected chi connectivity index (χ0v) is 6.34. The summed E-state index contributed by atoms with van der Waals surface area (Å²) in [6.45, 7) is 4.38. The fourth-order valence-corrected chi connectivity index (χ4v) is 1.12. The van der Waals surface area contributed by atoms with E-state index in [1.807, 2.05) is 6.08 Å². The van der Waals surface area contributed by atoms with Crippen LogP contribution in [0.4, 0.5) is 0 Å². The summed E-state index contributed by atoms with van der Waals surface area (Å²) >= 11 is 0. The summed E-state index contributed by atoms with van der Waals surface area (Å²) in [5.41, 5.74) is 3.45. The van der Waals surface area contributed by atoms with Crippen LogP contribution in [-0.4, -0.2) is 18.9 Å². The molecule has 1 unspecified atom stereocenters. The summed E-state index contributed by atoms with van der Waals surface area (Å²) in [7, 11) is 0. The van der Waals surface area contributed by atoms with Crippen molar-refractivity contribution < 1.29 is 4.79 Å². The molecule has 1 atom stereocenters. The van der Waals surface area contributed by atoms with Gasteiger partial charge in [-0.05, 0) is 19.0 Å². The zero-order chi connectivity index (χ0) is 8.10. The number of hydrogen-bond acceptors (Lipinski definition) is 2. The molecule has 1 N–H and O–H groups in total. The number of rotatable bonds is 2. The van der Waals surface area contributed by atoms with Gasteiger partial charge in [-0.1, -0.05) is 12.7 Å². The summed E-state index contributed by atoms with van der Waals surface area (Å²) < 4.78 is 0. The summed E-state index contributed by atoms with van der Waals surface area (Å²) in [5, 5.41) is 3.16. The van der Waals surface area contributed by atoms with Crippen molar-refractivity contribution in [2.45, 2.75) is 12.5 Å². The minimum absolute atomic E-state index is 0.0266. The Labute approximate surface area is 66.3 Å². The van der Waals surface area contributed by atoms with Gasteiger partial charge < -0.3 is 5.32 Å². The summed E-state index contributed by atoms with van der Waals surface area (Å²) in [4.78, 5) is 10.5. The highest BCUT2D eigenvalue weighted by Gasteiger charge is 2.12. The first-order valence-corrected chi connectivity index (χ1v) is 3.63. The highest BCUT2D eigenvalue weighted by atomic mass is 16.1. The van der Waals surface area contributed by atoms with Crippen LogP contribution in [0.1, 0.15) is 6.42 Å². The molecular formula is C9H11NO. The molecule has 2 nitrogen and oxygen atoms in total. The Balaban J connectivity index is 2.76. The molecule has 0 fully saturated rings. The molecule has 11 heavy (non-hydrogen) atoms. The van der Waals surface area contributed by atoms with Crippen molar-refractivity contribution in [3.05, 3.63) is 30.0 Å². The van der Waals surface area contributed by atoms with E-state index in [-0.39, 0.29) is 6.04 Å². The Kier molecular flexibility index (Phi) is 2.84. The smallest absolute Gasteiger partial charge is 0.147 e. The number of hydrogen-bond donors (Lipinski definition) is 1. The quantitative estimate of drug-likeness (QED) is 0.465. The molecule has 1 rings (SSSR count). The lowest BCUT2D eigenvalue weighted by atomic mass is 10.0. The van der Waals surface area contributed by atoms with Crippen molar-refractivity contribution in [2.24, 2.45) is 0 Å². The van der Waals surface area contributed by atoms with Crippen molar-refractivity contribution in [2.75, 3.05) is 6.54 Å². The van der Waals surface area contributed by atoms with Gasteiger partial charge in [0.05, 0.1) is 6.04 Å². The average molecular weight is 149 g/mol. The molecule has 0 aliphatic carbocycles. The van der Waals surface area contributed by atoms with E-state index in [0.717, 1.165) is 24.8 Å². The first-order chi connectivity index (χ1) is 5.38. The molecule has 0 spiro atoms. The molecule has 0 radical (unpaired) electrons.